The van der Waals surface area contributed by atoms with Crippen molar-refractivity contribution in [3.8, 4) is 33.4 Å². The van der Waals surface area contributed by atoms with Gasteiger partial charge in [-0.1, -0.05) is 121 Å². The van der Waals surface area contributed by atoms with Crippen molar-refractivity contribution in [2.75, 3.05) is 5.32 Å². The SMILES string of the molecule is O=C(Nc1ccc(-c2ccc(F)c(Cl)c2)cc1C(=O)N[C@@H](Cc1ccc(-c2ccccc2)cc1)C(=O)O)c1ccc(-c2ccccc2)cc1. The zero-order valence-corrected chi connectivity index (χ0v) is 26.8. The highest BCUT2D eigenvalue weighted by atomic mass is 35.5. The van der Waals surface area contributed by atoms with Crippen LogP contribution in [0, 0.1) is 5.82 Å². The molecular weight excluding hydrogens is 639 g/mol. The minimum Gasteiger partial charge on any atom is -0.480 e. The smallest absolute Gasteiger partial charge is 0.326 e. The molecule has 0 unspecified atom stereocenters. The van der Waals surface area contributed by atoms with E-state index in [1.165, 1.54) is 24.3 Å². The largest absolute Gasteiger partial charge is 0.480 e. The molecule has 8 heteroatoms. The van der Waals surface area contributed by atoms with Crippen LogP contribution >= 0.6 is 11.6 Å². The van der Waals surface area contributed by atoms with Crippen LogP contribution < -0.4 is 10.6 Å². The Morgan fingerprint density at radius 3 is 1.69 bits per heavy atom. The molecule has 6 aromatic carbocycles. The molecule has 0 heterocycles. The quantitative estimate of drug-likeness (QED) is 0.136. The predicted octanol–water partition coefficient (Wildman–Crippen LogP) is 9.16. The average Bonchev–Trinajstić information content (AvgIpc) is 3.13. The predicted molar refractivity (Wildman–Crippen MR) is 191 cm³/mol. The lowest BCUT2D eigenvalue weighted by Crippen LogP contribution is -2.42. The van der Waals surface area contributed by atoms with Gasteiger partial charge in [0.05, 0.1) is 16.3 Å². The van der Waals surface area contributed by atoms with Crippen LogP contribution in [0.25, 0.3) is 33.4 Å². The molecule has 0 aromatic heterocycles. The first-order chi connectivity index (χ1) is 23.7. The third-order valence-electron chi connectivity index (χ3n) is 8.12. The van der Waals surface area contributed by atoms with Crippen molar-refractivity contribution in [1.82, 2.24) is 5.32 Å². The summed E-state index contributed by atoms with van der Waals surface area (Å²) >= 11 is 6.03. The Hall–Kier alpha value is -6.05. The lowest BCUT2D eigenvalue weighted by molar-refractivity contribution is -0.139. The molecule has 1 atom stereocenters. The summed E-state index contributed by atoms with van der Waals surface area (Å²) in [4.78, 5) is 39.6. The molecule has 242 valence electrons. The first-order valence-corrected chi connectivity index (χ1v) is 15.9. The van der Waals surface area contributed by atoms with Crippen molar-refractivity contribution in [3.05, 3.63) is 173 Å². The van der Waals surface area contributed by atoms with E-state index >= 15 is 0 Å². The number of carboxylic acids is 1. The maximum absolute atomic E-state index is 13.9. The van der Waals surface area contributed by atoms with Gasteiger partial charge in [-0.05, 0) is 75.3 Å². The van der Waals surface area contributed by atoms with Crippen LogP contribution in [-0.2, 0) is 11.2 Å². The van der Waals surface area contributed by atoms with Gasteiger partial charge in [0.25, 0.3) is 11.8 Å². The van der Waals surface area contributed by atoms with E-state index in [9.17, 15) is 23.9 Å². The average molecular weight is 669 g/mol. The number of nitrogens with one attached hydrogen (secondary N) is 2. The van der Waals surface area contributed by atoms with E-state index in [4.69, 9.17) is 11.6 Å². The molecule has 6 aromatic rings. The van der Waals surface area contributed by atoms with Gasteiger partial charge in [-0.2, -0.15) is 0 Å². The Labute approximate surface area is 287 Å². The van der Waals surface area contributed by atoms with Crippen LogP contribution in [0.15, 0.2) is 146 Å². The molecular formula is C41H30ClFN2O4. The van der Waals surface area contributed by atoms with E-state index in [1.54, 1.807) is 24.3 Å². The Morgan fingerprint density at radius 2 is 1.12 bits per heavy atom. The lowest BCUT2D eigenvalue weighted by atomic mass is 9.99. The first kappa shape index (κ1) is 32.9. The number of carboxylic acid groups (broad SMARTS) is 1. The molecule has 6 rings (SSSR count). The molecule has 0 saturated heterocycles. The summed E-state index contributed by atoms with van der Waals surface area (Å²) in [5.41, 5.74) is 6.27. The summed E-state index contributed by atoms with van der Waals surface area (Å²) in [6.07, 6.45) is 0.0266. The first-order valence-electron chi connectivity index (χ1n) is 15.5. The van der Waals surface area contributed by atoms with E-state index in [1.807, 2.05) is 97.1 Å². The zero-order chi connectivity index (χ0) is 34.3. The van der Waals surface area contributed by atoms with E-state index in [0.29, 0.717) is 16.7 Å². The number of aliphatic carboxylic acids is 1. The molecule has 0 aliphatic rings. The van der Waals surface area contributed by atoms with Crippen LogP contribution in [0.2, 0.25) is 5.02 Å². The summed E-state index contributed by atoms with van der Waals surface area (Å²) in [6.45, 7) is 0. The highest BCUT2D eigenvalue weighted by Crippen LogP contribution is 2.29. The van der Waals surface area contributed by atoms with Gasteiger partial charge in [-0.15, -0.1) is 0 Å². The number of anilines is 1. The second kappa shape index (κ2) is 14.8. The molecule has 49 heavy (non-hydrogen) atoms. The fourth-order valence-electron chi connectivity index (χ4n) is 5.47. The number of halogens is 2. The lowest BCUT2D eigenvalue weighted by Gasteiger charge is -2.18. The van der Waals surface area contributed by atoms with Crippen molar-refractivity contribution < 1.29 is 23.9 Å². The summed E-state index contributed by atoms with van der Waals surface area (Å²) in [7, 11) is 0. The van der Waals surface area contributed by atoms with Gasteiger partial charge in [-0.25, -0.2) is 9.18 Å². The Morgan fingerprint density at radius 1 is 0.612 bits per heavy atom. The van der Waals surface area contributed by atoms with E-state index in [2.05, 4.69) is 10.6 Å². The molecule has 0 aliphatic heterocycles. The minimum atomic E-state index is -1.27. The molecule has 0 bridgehead atoms. The Bertz CT molecular complexity index is 2120. The number of carbonyl (C=O) groups is 3. The van der Waals surface area contributed by atoms with Gasteiger partial charge in [-0.3, -0.25) is 9.59 Å². The summed E-state index contributed by atoms with van der Waals surface area (Å²) < 4.78 is 13.9. The number of carbonyl (C=O) groups excluding carboxylic acids is 2. The summed E-state index contributed by atoms with van der Waals surface area (Å²) in [5.74, 6) is -2.98. The maximum Gasteiger partial charge on any atom is 0.326 e. The van der Waals surface area contributed by atoms with Gasteiger partial charge in [0, 0.05) is 12.0 Å². The normalized spacial score (nSPS) is 11.4. The summed E-state index contributed by atoms with van der Waals surface area (Å²) in [5, 5.41) is 15.4. The second-order valence-corrected chi connectivity index (χ2v) is 11.8. The van der Waals surface area contributed by atoms with Crippen molar-refractivity contribution in [2.45, 2.75) is 12.5 Å². The maximum atomic E-state index is 13.9. The zero-order valence-electron chi connectivity index (χ0n) is 26.1. The fourth-order valence-corrected chi connectivity index (χ4v) is 5.65. The third-order valence-corrected chi connectivity index (χ3v) is 8.41. The summed E-state index contributed by atoms with van der Waals surface area (Å²) in [6, 6.07) is 41.7. The van der Waals surface area contributed by atoms with Gasteiger partial charge in [0.1, 0.15) is 11.9 Å². The fraction of sp³-hybridized carbons (Fsp3) is 0.0488. The van der Waals surface area contributed by atoms with Crippen LogP contribution in [0.5, 0.6) is 0 Å². The van der Waals surface area contributed by atoms with Crippen LogP contribution in [0.3, 0.4) is 0 Å². The van der Waals surface area contributed by atoms with Crippen molar-refractivity contribution >= 4 is 35.1 Å². The second-order valence-electron chi connectivity index (χ2n) is 11.4. The standard InChI is InChI=1S/C41H30ClFN2O4/c42-35-25-33(19-21-36(35)43)32-20-22-37(44-39(46)31-17-15-30(16-18-31)28-9-5-2-6-10-28)34(24-32)40(47)45-38(41(48)49)23-26-11-13-29(14-12-26)27-7-3-1-4-8-27/h1-22,24-25,38H,23H2,(H,44,46)(H,45,47)(H,48,49)/t38-/m0/s1. The van der Waals surface area contributed by atoms with E-state index in [-0.39, 0.29) is 22.7 Å². The van der Waals surface area contributed by atoms with Gasteiger partial charge in [0.2, 0.25) is 0 Å². The Kier molecular flexibility index (Phi) is 9.93. The number of benzene rings is 6. The monoisotopic (exact) mass is 668 g/mol. The van der Waals surface area contributed by atoms with Crippen LogP contribution in [0.1, 0.15) is 26.3 Å². The van der Waals surface area contributed by atoms with Gasteiger partial charge < -0.3 is 15.7 Å². The molecule has 0 fully saturated rings. The molecule has 0 aliphatic carbocycles. The van der Waals surface area contributed by atoms with Gasteiger partial charge >= 0.3 is 5.97 Å². The molecule has 6 nitrogen and oxygen atoms in total. The van der Waals surface area contributed by atoms with E-state index < -0.39 is 29.6 Å². The van der Waals surface area contributed by atoms with Crippen molar-refractivity contribution in [2.24, 2.45) is 0 Å². The molecule has 2 amide bonds. The van der Waals surface area contributed by atoms with Crippen molar-refractivity contribution in [1.29, 1.82) is 0 Å². The van der Waals surface area contributed by atoms with E-state index in [0.717, 1.165) is 27.8 Å². The molecule has 3 N–H and O–H groups in total. The van der Waals surface area contributed by atoms with Crippen LogP contribution in [-0.4, -0.2) is 28.9 Å². The highest BCUT2D eigenvalue weighted by molar-refractivity contribution is 6.31. The number of hydrogen-bond donors (Lipinski definition) is 3. The van der Waals surface area contributed by atoms with Crippen molar-refractivity contribution in [3.63, 3.8) is 0 Å². The Balaban J connectivity index is 1.26. The highest BCUT2D eigenvalue weighted by Gasteiger charge is 2.24. The van der Waals surface area contributed by atoms with Gasteiger partial charge in [0.15, 0.2) is 0 Å². The molecule has 0 radical (unpaired) electrons. The van der Waals surface area contributed by atoms with Crippen LogP contribution in [0.4, 0.5) is 10.1 Å². The number of hydrogen-bond acceptors (Lipinski definition) is 3. The molecule has 0 spiro atoms. The molecule has 0 saturated carbocycles. The minimum absolute atomic E-state index is 0.0258. The third kappa shape index (κ3) is 7.92. The number of amides is 2. The number of rotatable bonds is 10. The topological polar surface area (TPSA) is 95.5 Å².